The van der Waals surface area contributed by atoms with Crippen molar-refractivity contribution in [2.24, 2.45) is 5.92 Å². The zero-order chi connectivity index (χ0) is 17.5. The molecule has 2 unspecified atom stereocenters. The number of aromatic nitrogens is 2. The number of carbonyl (C=O) groups is 2. The summed E-state index contributed by atoms with van der Waals surface area (Å²) >= 11 is 3.32. The van der Waals surface area contributed by atoms with Gasteiger partial charge in [-0.3, -0.25) is 0 Å². The lowest BCUT2D eigenvalue weighted by atomic mass is 9.89. The van der Waals surface area contributed by atoms with Gasteiger partial charge in [0.1, 0.15) is 5.03 Å². The van der Waals surface area contributed by atoms with E-state index >= 15 is 0 Å². The molecule has 2 fully saturated rings. The van der Waals surface area contributed by atoms with Gasteiger partial charge in [0.25, 0.3) is 0 Å². The van der Waals surface area contributed by atoms with Crippen LogP contribution < -0.4 is 0 Å². The zero-order valence-corrected chi connectivity index (χ0v) is 15.3. The number of rotatable bonds is 5. The molecule has 3 atom stereocenters. The fourth-order valence-corrected chi connectivity index (χ4v) is 5.01. The van der Waals surface area contributed by atoms with Crippen LogP contribution in [0.5, 0.6) is 0 Å². The molecule has 0 radical (unpaired) electrons. The molecule has 9 heteroatoms. The largest absolute Gasteiger partial charge is 0.473 e. The molecule has 3 heterocycles. The average molecular weight is 374 g/mol. The van der Waals surface area contributed by atoms with E-state index < -0.39 is 11.9 Å². The minimum absolute atomic E-state index is 0.662. The highest BCUT2D eigenvalue weighted by molar-refractivity contribution is 7.99. The Morgan fingerprint density at radius 1 is 1.29 bits per heavy atom. The second-order valence-electron chi connectivity index (χ2n) is 6.04. The van der Waals surface area contributed by atoms with E-state index in [-0.39, 0.29) is 0 Å². The van der Waals surface area contributed by atoms with Gasteiger partial charge < -0.3 is 15.1 Å². The third-order valence-corrected chi connectivity index (χ3v) is 6.04. The molecule has 0 spiro atoms. The number of thioether (sulfide) groups is 1. The number of hydrogen-bond donors (Lipinski definition) is 2. The topological polar surface area (TPSA) is 104 Å². The van der Waals surface area contributed by atoms with Gasteiger partial charge >= 0.3 is 11.9 Å². The number of unbranched alkanes of at least 4 members (excludes halogenated alkanes) is 1. The SMILES string of the molecule is CCCCSc1nsnc1[C@H]1CN2CCCC1C2.O=C(O)C(=O)O. The quantitative estimate of drug-likeness (QED) is 0.461. The number of carboxylic acid groups (broad SMARTS) is 2. The fraction of sp³-hybridized carbons (Fsp3) is 0.733. The standard InChI is InChI=1S/C13H21N3S2.C2H2O4/c1-2-3-7-17-13-12(14-18-15-13)11-9-16-6-4-5-10(11)8-16;3-1(4)2(5)6/h10-11H,2-9H2,1H3;(H,3,4)(H,5,6)/t10?,11-;/m0./s1. The molecular formula is C15H23N3O4S2. The van der Waals surface area contributed by atoms with E-state index in [4.69, 9.17) is 19.8 Å². The molecule has 3 rings (SSSR count). The Kier molecular flexibility index (Phi) is 7.44. The average Bonchev–Trinajstić information content (AvgIpc) is 3.12. The van der Waals surface area contributed by atoms with Crippen molar-refractivity contribution in [2.75, 3.05) is 25.4 Å². The highest BCUT2D eigenvalue weighted by atomic mass is 32.2. The molecule has 0 saturated carbocycles. The van der Waals surface area contributed by atoms with Gasteiger partial charge in [-0.15, -0.1) is 11.8 Å². The predicted octanol–water partition coefficient (Wildman–Crippen LogP) is 2.40. The minimum Gasteiger partial charge on any atom is -0.473 e. The molecule has 2 bridgehead atoms. The Balaban J connectivity index is 0.000000301. The fourth-order valence-electron chi connectivity index (χ4n) is 3.15. The van der Waals surface area contributed by atoms with E-state index in [0.717, 1.165) is 5.92 Å². The van der Waals surface area contributed by atoms with Gasteiger partial charge in [-0.25, -0.2) is 9.59 Å². The lowest BCUT2D eigenvalue weighted by Crippen LogP contribution is -2.25. The van der Waals surface area contributed by atoms with Crippen LogP contribution in [-0.4, -0.2) is 61.2 Å². The Morgan fingerprint density at radius 3 is 2.67 bits per heavy atom. The molecule has 7 nitrogen and oxygen atoms in total. The Bertz CT molecular complexity index is 555. The van der Waals surface area contributed by atoms with Crippen LogP contribution in [0.1, 0.15) is 44.2 Å². The predicted molar refractivity (Wildman–Crippen MR) is 92.7 cm³/mol. The van der Waals surface area contributed by atoms with Crippen molar-refractivity contribution >= 4 is 35.4 Å². The number of aliphatic carboxylic acids is 2. The van der Waals surface area contributed by atoms with Crippen LogP contribution in [0, 0.1) is 5.92 Å². The molecule has 2 N–H and O–H groups in total. The third-order valence-electron chi connectivity index (χ3n) is 4.32. The van der Waals surface area contributed by atoms with Crippen molar-refractivity contribution in [1.82, 2.24) is 13.6 Å². The number of hydrogen-bond acceptors (Lipinski definition) is 7. The van der Waals surface area contributed by atoms with Crippen molar-refractivity contribution in [3.8, 4) is 0 Å². The summed E-state index contributed by atoms with van der Waals surface area (Å²) in [4.78, 5) is 20.8. The third kappa shape index (κ3) is 5.15. The number of piperidine rings is 1. The van der Waals surface area contributed by atoms with Gasteiger partial charge in [0.05, 0.1) is 17.4 Å². The summed E-state index contributed by atoms with van der Waals surface area (Å²) in [6.07, 6.45) is 5.30. The molecule has 134 valence electrons. The maximum absolute atomic E-state index is 9.10. The highest BCUT2D eigenvalue weighted by Crippen LogP contribution is 2.41. The molecule has 2 saturated heterocycles. The summed E-state index contributed by atoms with van der Waals surface area (Å²) < 4.78 is 9.14. The summed E-state index contributed by atoms with van der Waals surface area (Å²) in [6.45, 7) is 6.05. The normalized spacial score (nSPS) is 25.0. The van der Waals surface area contributed by atoms with E-state index in [9.17, 15) is 0 Å². The summed E-state index contributed by atoms with van der Waals surface area (Å²) in [6, 6.07) is 0. The molecule has 2 aliphatic heterocycles. The lowest BCUT2D eigenvalue weighted by Gasteiger charge is -2.21. The summed E-state index contributed by atoms with van der Waals surface area (Å²) in [7, 11) is 0. The van der Waals surface area contributed by atoms with Crippen LogP contribution in [0.15, 0.2) is 5.03 Å². The van der Waals surface area contributed by atoms with Crippen molar-refractivity contribution in [2.45, 2.75) is 43.6 Å². The van der Waals surface area contributed by atoms with Gasteiger partial charge in [0.2, 0.25) is 0 Å². The first-order chi connectivity index (χ1) is 11.5. The maximum atomic E-state index is 9.10. The van der Waals surface area contributed by atoms with E-state index in [2.05, 4.69) is 20.6 Å². The molecule has 1 aromatic heterocycles. The van der Waals surface area contributed by atoms with Crippen LogP contribution in [0.25, 0.3) is 0 Å². The van der Waals surface area contributed by atoms with Crippen molar-refractivity contribution in [3.63, 3.8) is 0 Å². The monoisotopic (exact) mass is 373 g/mol. The van der Waals surface area contributed by atoms with E-state index in [1.54, 1.807) is 0 Å². The van der Waals surface area contributed by atoms with Crippen LogP contribution >= 0.6 is 23.5 Å². The molecule has 0 aromatic carbocycles. The summed E-state index contributed by atoms with van der Waals surface area (Å²) in [5.74, 6) is -0.954. The maximum Gasteiger partial charge on any atom is 0.414 e. The van der Waals surface area contributed by atoms with E-state index in [0.29, 0.717) is 5.92 Å². The van der Waals surface area contributed by atoms with Crippen molar-refractivity contribution < 1.29 is 19.8 Å². The smallest absolute Gasteiger partial charge is 0.414 e. The Morgan fingerprint density at radius 2 is 2.04 bits per heavy atom. The van der Waals surface area contributed by atoms with Gasteiger partial charge in [-0.2, -0.15) is 8.75 Å². The Labute approximate surface area is 149 Å². The first-order valence-electron chi connectivity index (χ1n) is 8.16. The van der Waals surface area contributed by atoms with Crippen molar-refractivity contribution in [1.29, 1.82) is 0 Å². The second-order valence-corrected chi connectivity index (χ2v) is 7.65. The van der Waals surface area contributed by atoms with Crippen molar-refractivity contribution in [3.05, 3.63) is 5.69 Å². The van der Waals surface area contributed by atoms with E-state index in [1.807, 2.05) is 11.8 Å². The number of fused-ring (bicyclic) bond motifs is 2. The molecule has 2 aliphatic rings. The van der Waals surface area contributed by atoms with Gasteiger partial charge in [-0.05, 0) is 37.5 Å². The minimum atomic E-state index is -1.82. The molecule has 0 amide bonds. The van der Waals surface area contributed by atoms with Gasteiger partial charge in [0, 0.05) is 19.0 Å². The van der Waals surface area contributed by atoms with Gasteiger partial charge in [-0.1, -0.05) is 13.3 Å². The highest BCUT2D eigenvalue weighted by Gasteiger charge is 2.38. The van der Waals surface area contributed by atoms with Crippen LogP contribution in [0.4, 0.5) is 0 Å². The van der Waals surface area contributed by atoms with E-state index in [1.165, 1.54) is 73.5 Å². The summed E-state index contributed by atoms with van der Waals surface area (Å²) in [5, 5.41) is 16.0. The number of nitrogens with zero attached hydrogens (tertiary/aromatic N) is 3. The molecule has 1 aromatic rings. The first-order valence-corrected chi connectivity index (χ1v) is 9.88. The zero-order valence-electron chi connectivity index (χ0n) is 13.7. The first kappa shape index (κ1) is 19.1. The van der Waals surface area contributed by atoms with Crippen LogP contribution in [0.2, 0.25) is 0 Å². The number of carboxylic acids is 2. The Hall–Kier alpha value is -1.19. The lowest BCUT2D eigenvalue weighted by molar-refractivity contribution is -0.159. The summed E-state index contributed by atoms with van der Waals surface area (Å²) in [5.41, 5.74) is 1.32. The molecule has 0 aliphatic carbocycles. The van der Waals surface area contributed by atoms with Gasteiger partial charge in [0.15, 0.2) is 0 Å². The molecular weight excluding hydrogens is 350 g/mol. The van der Waals surface area contributed by atoms with Crippen LogP contribution in [-0.2, 0) is 9.59 Å². The molecule has 24 heavy (non-hydrogen) atoms. The second kappa shape index (κ2) is 9.33. The van der Waals surface area contributed by atoms with Crippen LogP contribution in [0.3, 0.4) is 0 Å².